The van der Waals surface area contributed by atoms with Crippen LogP contribution in [0.4, 0.5) is 8.78 Å². The number of carbonyl (C=O) groups is 1. The van der Waals surface area contributed by atoms with Crippen LogP contribution in [-0.2, 0) is 23.4 Å². The highest BCUT2D eigenvalue weighted by atomic mass is 28.3. The van der Waals surface area contributed by atoms with Crippen molar-refractivity contribution < 1.29 is 32.2 Å². The fourth-order valence-corrected chi connectivity index (χ4v) is 6.67. The monoisotopic (exact) mass is 503 g/mol. The van der Waals surface area contributed by atoms with E-state index in [1.165, 1.54) is 0 Å². The molecule has 34 heavy (non-hydrogen) atoms. The first-order valence-electron chi connectivity index (χ1n) is 13.2. The van der Waals surface area contributed by atoms with Crippen molar-refractivity contribution >= 4 is 15.0 Å². The van der Waals surface area contributed by atoms with Gasteiger partial charge < -0.3 is 18.6 Å². The van der Waals surface area contributed by atoms with Gasteiger partial charge in [-0.3, -0.25) is 4.79 Å². The van der Waals surface area contributed by atoms with Crippen molar-refractivity contribution in [3.8, 4) is 0 Å². The van der Waals surface area contributed by atoms with Gasteiger partial charge in [-0.05, 0) is 63.0 Å². The molecule has 3 fully saturated rings. The van der Waals surface area contributed by atoms with E-state index in [9.17, 15) is 4.79 Å². The van der Waals surface area contributed by atoms with Crippen LogP contribution in [0.2, 0.25) is 13.1 Å². The Bertz CT molecular complexity index is 648. The van der Waals surface area contributed by atoms with Gasteiger partial charge >= 0.3 is 5.97 Å². The van der Waals surface area contributed by atoms with Crippen molar-refractivity contribution in [2.75, 3.05) is 13.2 Å². The van der Waals surface area contributed by atoms with E-state index in [4.69, 9.17) is 18.6 Å². The summed E-state index contributed by atoms with van der Waals surface area (Å²) in [5, 5.41) is 0. The summed E-state index contributed by atoms with van der Waals surface area (Å²) < 4.78 is 53.9. The second-order valence-corrected chi connectivity index (χ2v) is 13.8. The third kappa shape index (κ3) is 7.71. The number of hydrogen-bond donors (Lipinski definition) is 0. The molecule has 1 aliphatic carbocycles. The summed E-state index contributed by atoms with van der Waals surface area (Å²) in [5.41, 5.74) is -0.495. The molecule has 5 nitrogen and oxygen atoms in total. The van der Waals surface area contributed by atoms with E-state index in [0.717, 1.165) is 32.3 Å². The molecule has 1 saturated carbocycles. The summed E-state index contributed by atoms with van der Waals surface area (Å²) in [6.45, 7) is 10.9. The smallest absolute Gasteiger partial charge is 0.306 e. The molecule has 2 saturated heterocycles. The van der Waals surface area contributed by atoms with Crippen molar-refractivity contribution in [3.63, 3.8) is 0 Å². The molecule has 8 heteroatoms. The van der Waals surface area contributed by atoms with E-state index in [1.807, 2.05) is 33.9 Å². The van der Waals surface area contributed by atoms with E-state index in [0.29, 0.717) is 38.7 Å². The fraction of sp³-hybridized carbons (Fsp3) is 0.962. The quantitative estimate of drug-likeness (QED) is 0.176. The number of hydrogen-bond acceptors (Lipinski definition) is 5. The van der Waals surface area contributed by atoms with Crippen LogP contribution in [0.5, 0.6) is 0 Å². The molecule has 3 rings (SSSR count). The molecule has 0 spiro atoms. The highest BCUT2D eigenvalue weighted by Gasteiger charge is 2.51. The average molecular weight is 504 g/mol. The molecule has 0 aromatic rings. The van der Waals surface area contributed by atoms with Crippen LogP contribution >= 0.6 is 0 Å². The molecular weight excluding hydrogens is 458 g/mol. The van der Waals surface area contributed by atoms with Crippen LogP contribution in [0, 0.1) is 23.2 Å². The van der Waals surface area contributed by atoms with E-state index in [-0.39, 0.29) is 42.7 Å². The number of halogens is 2. The maximum atomic E-state index is 15.3. The number of esters is 1. The second kappa shape index (κ2) is 12.1. The standard InChI is InChI=1S/C26H45F2O5Si/c1-25(2,3)22(26(27,28)13-9-15-31-34(4)5)11-8-10-18-19-16-23(29)32-21(19)17-20(18)33-24-12-6-7-14-30-24/h18-22,24H,6-17H2,1-5H3/t18-,19-,20-,21+,22?,24?/m1/s1. The van der Waals surface area contributed by atoms with E-state index < -0.39 is 26.3 Å². The van der Waals surface area contributed by atoms with Gasteiger partial charge in [0.1, 0.15) is 6.10 Å². The SMILES string of the molecule is C[Si](C)OCCCC(F)(F)C(CCC[C@@H]1[C@H]2CC(=O)O[C@H]2C[C@H]1OC1CCCCO1)C(C)(C)C. The lowest BCUT2D eigenvalue weighted by Crippen LogP contribution is -2.38. The highest BCUT2D eigenvalue weighted by molar-refractivity contribution is 6.48. The fourth-order valence-electron chi connectivity index (χ4n) is 6.12. The normalized spacial score (nSPS) is 31.1. The zero-order valence-corrected chi connectivity index (χ0v) is 22.7. The number of carbonyl (C=O) groups excluding carboxylic acids is 1. The summed E-state index contributed by atoms with van der Waals surface area (Å²) >= 11 is 0. The van der Waals surface area contributed by atoms with E-state index >= 15 is 8.78 Å². The molecule has 0 aromatic heterocycles. The van der Waals surface area contributed by atoms with Crippen LogP contribution in [0.3, 0.4) is 0 Å². The summed E-state index contributed by atoms with van der Waals surface area (Å²) in [6.07, 6.45) is 6.00. The van der Waals surface area contributed by atoms with Crippen LogP contribution in [-0.4, -0.2) is 52.6 Å². The van der Waals surface area contributed by atoms with E-state index in [1.54, 1.807) is 0 Å². The number of rotatable bonds is 12. The molecule has 6 atom stereocenters. The third-order valence-corrected chi connectivity index (χ3v) is 8.53. The van der Waals surface area contributed by atoms with E-state index in [2.05, 4.69) is 0 Å². The summed E-state index contributed by atoms with van der Waals surface area (Å²) in [7, 11) is -0.850. The number of alkyl halides is 2. The molecule has 3 aliphatic rings. The summed E-state index contributed by atoms with van der Waals surface area (Å²) in [4.78, 5) is 11.9. The van der Waals surface area contributed by atoms with Crippen molar-refractivity contribution in [1.82, 2.24) is 0 Å². The van der Waals surface area contributed by atoms with Gasteiger partial charge in [-0.1, -0.05) is 27.2 Å². The molecular formula is C26H45F2O5Si. The lowest BCUT2D eigenvalue weighted by molar-refractivity contribution is -0.197. The minimum atomic E-state index is -2.73. The molecule has 2 heterocycles. The molecule has 197 valence electrons. The minimum Gasteiger partial charge on any atom is -0.462 e. The average Bonchev–Trinajstić information content (AvgIpc) is 3.24. The zero-order chi connectivity index (χ0) is 24.9. The Kier molecular flexibility index (Phi) is 9.97. The molecule has 0 amide bonds. The van der Waals surface area contributed by atoms with Gasteiger partial charge in [0, 0.05) is 37.9 Å². The highest BCUT2D eigenvalue weighted by Crippen LogP contribution is 2.48. The van der Waals surface area contributed by atoms with Crippen molar-refractivity contribution in [1.29, 1.82) is 0 Å². The molecule has 1 radical (unpaired) electrons. The first-order chi connectivity index (χ1) is 16.0. The predicted molar refractivity (Wildman–Crippen MR) is 129 cm³/mol. The Morgan fingerprint density at radius 3 is 2.59 bits per heavy atom. The predicted octanol–water partition coefficient (Wildman–Crippen LogP) is 6.37. The number of fused-ring (bicyclic) bond motifs is 1. The van der Waals surface area contributed by atoms with Gasteiger partial charge in [-0.25, -0.2) is 8.78 Å². The molecule has 2 unspecified atom stereocenters. The molecule has 2 aliphatic heterocycles. The van der Waals surface area contributed by atoms with Gasteiger partial charge in [-0.2, -0.15) is 0 Å². The first kappa shape index (κ1) is 28.0. The van der Waals surface area contributed by atoms with Gasteiger partial charge in [-0.15, -0.1) is 0 Å². The van der Waals surface area contributed by atoms with Crippen LogP contribution in [0.1, 0.15) is 85.0 Å². The Morgan fingerprint density at radius 1 is 1.18 bits per heavy atom. The summed E-state index contributed by atoms with van der Waals surface area (Å²) in [5.74, 6) is -3.29. The van der Waals surface area contributed by atoms with Crippen molar-refractivity contribution in [3.05, 3.63) is 0 Å². The largest absolute Gasteiger partial charge is 0.462 e. The van der Waals surface area contributed by atoms with Crippen LogP contribution in [0.15, 0.2) is 0 Å². The van der Waals surface area contributed by atoms with Crippen molar-refractivity contribution in [2.24, 2.45) is 23.2 Å². The molecule has 0 aromatic carbocycles. The molecule has 0 bridgehead atoms. The topological polar surface area (TPSA) is 54.0 Å². The third-order valence-electron chi connectivity index (χ3n) is 7.75. The van der Waals surface area contributed by atoms with Gasteiger partial charge in [0.2, 0.25) is 9.04 Å². The Labute approximate surface area is 206 Å². The zero-order valence-electron chi connectivity index (χ0n) is 21.7. The van der Waals surface area contributed by atoms with Crippen LogP contribution < -0.4 is 0 Å². The summed E-state index contributed by atoms with van der Waals surface area (Å²) in [6, 6.07) is 0. The van der Waals surface area contributed by atoms with Crippen LogP contribution in [0.25, 0.3) is 0 Å². The maximum absolute atomic E-state index is 15.3. The lowest BCUT2D eigenvalue weighted by atomic mass is 9.72. The van der Waals surface area contributed by atoms with Crippen molar-refractivity contribution in [2.45, 2.75) is 122 Å². The first-order valence-corrected chi connectivity index (χ1v) is 15.7. The Morgan fingerprint density at radius 2 is 1.94 bits per heavy atom. The Balaban J connectivity index is 1.58. The van der Waals surface area contributed by atoms with Gasteiger partial charge in [0.05, 0.1) is 12.5 Å². The molecule has 0 N–H and O–H groups in total. The maximum Gasteiger partial charge on any atom is 0.306 e. The Hall–Kier alpha value is -0.573. The van der Waals surface area contributed by atoms with Gasteiger partial charge in [0.15, 0.2) is 6.29 Å². The number of ether oxygens (including phenoxy) is 3. The van der Waals surface area contributed by atoms with Gasteiger partial charge in [0.25, 0.3) is 5.92 Å². The minimum absolute atomic E-state index is 0.0314. The lowest BCUT2D eigenvalue weighted by Gasteiger charge is -2.38. The second-order valence-electron chi connectivity index (χ2n) is 11.7.